The van der Waals surface area contributed by atoms with Crippen LogP contribution in [0.3, 0.4) is 0 Å². The Kier molecular flexibility index (Phi) is 6.87. The Bertz CT molecular complexity index is 553. The highest BCUT2D eigenvalue weighted by molar-refractivity contribution is 8.02. The number of nitrogens with zero attached hydrogens (tertiary/aromatic N) is 1. The number of aliphatic hydroxyl groups excluding tert-OH is 2. The summed E-state index contributed by atoms with van der Waals surface area (Å²) in [6, 6.07) is 0. The minimum absolute atomic E-state index is 0.141. The molecule has 0 aromatic heterocycles. The van der Waals surface area contributed by atoms with Gasteiger partial charge in [-0.15, -0.1) is 11.8 Å². The van der Waals surface area contributed by atoms with Crippen molar-refractivity contribution in [1.29, 1.82) is 0 Å². The molecule has 146 valence electrons. The molecule has 0 saturated heterocycles. The maximum atomic E-state index is 11.7. The SMILES string of the molecule is CN(C)C(=O)CSC=C1C[C@H]2C[C@@H](O)[C@H](/C=C/[C@H](O)C3CCCC3)[C@H]2C1. The summed E-state index contributed by atoms with van der Waals surface area (Å²) >= 11 is 1.59. The van der Waals surface area contributed by atoms with Crippen LogP contribution in [0.4, 0.5) is 0 Å². The molecule has 3 aliphatic rings. The maximum Gasteiger partial charge on any atom is 0.232 e. The zero-order valence-electron chi connectivity index (χ0n) is 16.0. The van der Waals surface area contributed by atoms with Crippen molar-refractivity contribution >= 4 is 17.7 Å². The summed E-state index contributed by atoms with van der Waals surface area (Å²) < 4.78 is 0. The van der Waals surface area contributed by atoms with Gasteiger partial charge in [-0.2, -0.15) is 0 Å². The number of allylic oxidation sites excluding steroid dienone is 1. The van der Waals surface area contributed by atoms with E-state index in [0.29, 0.717) is 23.5 Å². The van der Waals surface area contributed by atoms with Gasteiger partial charge >= 0.3 is 0 Å². The van der Waals surface area contributed by atoms with Crippen molar-refractivity contribution in [2.75, 3.05) is 19.8 Å². The second kappa shape index (κ2) is 8.94. The van der Waals surface area contributed by atoms with Gasteiger partial charge in [0, 0.05) is 20.0 Å². The first-order chi connectivity index (χ1) is 12.5. The minimum atomic E-state index is -0.354. The summed E-state index contributed by atoms with van der Waals surface area (Å²) in [4.78, 5) is 13.3. The number of hydrogen-bond acceptors (Lipinski definition) is 4. The van der Waals surface area contributed by atoms with Crippen LogP contribution in [-0.4, -0.2) is 53.1 Å². The van der Waals surface area contributed by atoms with E-state index in [1.807, 2.05) is 6.08 Å². The van der Waals surface area contributed by atoms with E-state index in [4.69, 9.17) is 0 Å². The van der Waals surface area contributed by atoms with Crippen LogP contribution in [0.1, 0.15) is 44.9 Å². The Labute approximate surface area is 161 Å². The quantitative estimate of drug-likeness (QED) is 0.696. The molecule has 0 unspecified atom stereocenters. The van der Waals surface area contributed by atoms with Crippen LogP contribution in [0.15, 0.2) is 23.1 Å². The van der Waals surface area contributed by atoms with Gasteiger partial charge in [0.25, 0.3) is 0 Å². The second-order valence-corrected chi connectivity index (χ2v) is 9.37. The van der Waals surface area contributed by atoms with E-state index in [0.717, 1.165) is 32.1 Å². The van der Waals surface area contributed by atoms with Crippen LogP contribution in [0.25, 0.3) is 0 Å². The summed E-state index contributed by atoms with van der Waals surface area (Å²) in [6.07, 6.45) is 11.1. The minimum Gasteiger partial charge on any atom is -0.392 e. The fourth-order valence-electron chi connectivity index (χ4n) is 4.93. The molecular formula is C21H33NO3S. The summed E-state index contributed by atoms with van der Waals surface area (Å²) in [5.74, 6) is 2.22. The number of hydrogen-bond donors (Lipinski definition) is 2. The fraction of sp³-hybridized carbons (Fsp3) is 0.762. The molecule has 0 aliphatic heterocycles. The monoisotopic (exact) mass is 379 g/mol. The molecule has 0 bridgehead atoms. The number of aliphatic hydroxyl groups is 2. The van der Waals surface area contributed by atoms with Crippen molar-refractivity contribution in [1.82, 2.24) is 4.90 Å². The molecule has 4 nitrogen and oxygen atoms in total. The van der Waals surface area contributed by atoms with Crippen LogP contribution >= 0.6 is 11.8 Å². The Hall–Kier alpha value is -0.780. The highest BCUT2D eigenvalue weighted by Crippen LogP contribution is 2.50. The molecule has 5 atom stereocenters. The zero-order chi connectivity index (χ0) is 18.7. The van der Waals surface area contributed by atoms with E-state index in [-0.39, 0.29) is 24.0 Å². The van der Waals surface area contributed by atoms with Crippen molar-refractivity contribution < 1.29 is 15.0 Å². The molecule has 0 radical (unpaired) electrons. The maximum absolute atomic E-state index is 11.7. The predicted octanol–water partition coefficient (Wildman–Crippen LogP) is 3.21. The standard InChI is InChI=1S/C21H33NO3S/c1-22(2)21(25)13-26-12-14-9-16-11-20(24)17(18(16)10-14)7-8-19(23)15-5-3-4-6-15/h7-8,12,15-20,23-24H,3-6,9-11,13H2,1-2H3/b8-7+,14-12?/t16-,17+,18-,19-,20+/m0/s1. The Morgan fingerprint density at radius 1 is 1.31 bits per heavy atom. The van der Waals surface area contributed by atoms with Crippen LogP contribution in [0.5, 0.6) is 0 Å². The summed E-state index contributed by atoms with van der Waals surface area (Å²) in [5.41, 5.74) is 1.41. The molecule has 3 fully saturated rings. The van der Waals surface area contributed by atoms with Crippen LogP contribution in [0, 0.1) is 23.7 Å². The summed E-state index contributed by atoms with van der Waals surface area (Å²) in [5, 5.41) is 23.0. The molecule has 3 aliphatic carbocycles. The molecule has 1 amide bonds. The van der Waals surface area contributed by atoms with E-state index in [1.54, 1.807) is 30.8 Å². The highest BCUT2D eigenvalue weighted by Gasteiger charge is 2.45. The number of carbonyl (C=O) groups excluding carboxylic acids is 1. The van der Waals surface area contributed by atoms with E-state index < -0.39 is 0 Å². The van der Waals surface area contributed by atoms with Gasteiger partial charge in [0.05, 0.1) is 18.0 Å². The Morgan fingerprint density at radius 2 is 2.04 bits per heavy atom. The predicted molar refractivity (Wildman–Crippen MR) is 107 cm³/mol. The third-order valence-electron chi connectivity index (χ3n) is 6.48. The van der Waals surface area contributed by atoms with Crippen molar-refractivity contribution in [3.63, 3.8) is 0 Å². The first kappa shape index (κ1) is 20.0. The normalized spacial score (nSPS) is 34.7. The number of rotatable bonds is 6. The van der Waals surface area contributed by atoms with Crippen molar-refractivity contribution in [2.45, 2.75) is 57.2 Å². The van der Waals surface area contributed by atoms with Gasteiger partial charge in [0.2, 0.25) is 5.91 Å². The highest BCUT2D eigenvalue weighted by atomic mass is 32.2. The molecule has 2 N–H and O–H groups in total. The lowest BCUT2D eigenvalue weighted by molar-refractivity contribution is -0.125. The fourth-order valence-corrected chi connectivity index (χ4v) is 5.84. The average molecular weight is 380 g/mol. The third kappa shape index (κ3) is 4.73. The molecule has 26 heavy (non-hydrogen) atoms. The van der Waals surface area contributed by atoms with Gasteiger partial charge in [-0.25, -0.2) is 0 Å². The molecule has 0 spiro atoms. The second-order valence-electron chi connectivity index (χ2n) is 8.51. The van der Waals surface area contributed by atoms with Crippen LogP contribution in [0.2, 0.25) is 0 Å². The average Bonchev–Trinajstić information content (AvgIpc) is 3.29. The van der Waals surface area contributed by atoms with E-state index in [9.17, 15) is 15.0 Å². The lowest BCUT2D eigenvalue weighted by Crippen LogP contribution is -2.23. The molecule has 0 aromatic carbocycles. The van der Waals surface area contributed by atoms with Crippen LogP contribution < -0.4 is 0 Å². The lowest BCUT2D eigenvalue weighted by atomic mass is 9.89. The number of carbonyl (C=O) groups is 1. The first-order valence-electron chi connectivity index (χ1n) is 10.00. The van der Waals surface area contributed by atoms with Gasteiger partial charge < -0.3 is 15.1 Å². The molecule has 3 saturated carbocycles. The largest absolute Gasteiger partial charge is 0.392 e. The van der Waals surface area contributed by atoms with Crippen molar-refractivity contribution in [3.8, 4) is 0 Å². The number of amides is 1. The topological polar surface area (TPSA) is 60.8 Å². The smallest absolute Gasteiger partial charge is 0.232 e. The van der Waals surface area contributed by atoms with E-state index in [1.165, 1.54) is 18.4 Å². The number of fused-ring (bicyclic) bond motifs is 1. The molecule has 0 aromatic rings. The van der Waals surface area contributed by atoms with E-state index in [2.05, 4.69) is 11.5 Å². The Balaban J connectivity index is 1.54. The summed E-state index contributed by atoms with van der Waals surface area (Å²) in [7, 11) is 3.57. The van der Waals surface area contributed by atoms with E-state index >= 15 is 0 Å². The van der Waals surface area contributed by atoms with Gasteiger partial charge in [0.1, 0.15) is 0 Å². The van der Waals surface area contributed by atoms with Gasteiger partial charge in [-0.05, 0) is 55.3 Å². The first-order valence-corrected chi connectivity index (χ1v) is 11.0. The number of thioether (sulfide) groups is 1. The van der Waals surface area contributed by atoms with Gasteiger partial charge in [-0.1, -0.05) is 30.6 Å². The lowest BCUT2D eigenvalue weighted by Gasteiger charge is -2.19. The van der Waals surface area contributed by atoms with Crippen molar-refractivity contribution in [3.05, 3.63) is 23.1 Å². The molecule has 0 heterocycles. The summed E-state index contributed by atoms with van der Waals surface area (Å²) in [6.45, 7) is 0. The van der Waals surface area contributed by atoms with Crippen LogP contribution in [-0.2, 0) is 4.79 Å². The molecule has 3 rings (SSSR count). The van der Waals surface area contributed by atoms with Gasteiger partial charge in [0.15, 0.2) is 0 Å². The Morgan fingerprint density at radius 3 is 2.73 bits per heavy atom. The van der Waals surface area contributed by atoms with Crippen molar-refractivity contribution in [2.24, 2.45) is 23.7 Å². The molecular weight excluding hydrogens is 346 g/mol. The third-order valence-corrected chi connectivity index (χ3v) is 7.39. The van der Waals surface area contributed by atoms with Gasteiger partial charge in [-0.3, -0.25) is 4.79 Å². The molecule has 5 heteroatoms. The zero-order valence-corrected chi connectivity index (χ0v) is 16.8.